The van der Waals surface area contributed by atoms with Gasteiger partial charge < -0.3 is 11.1 Å². The molecule has 2 rings (SSSR count). The first kappa shape index (κ1) is 14.8. The number of benzene rings is 1. The second kappa shape index (κ2) is 6.71. The van der Waals surface area contributed by atoms with Crippen molar-refractivity contribution in [3.63, 3.8) is 0 Å². The molecule has 5 nitrogen and oxygen atoms in total. The zero-order chi connectivity index (χ0) is 14.5. The fourth-order valence-corrected chi connectivity index (χ4v) is 3.01. The molecule has 0 spiro atoms. The second-order valence-corrected chi connectivity index (χ2v) is 6.75. The molecule has 0 radical (unpaired) electrons. The Kier molecular flexibility index (Phi) is 4.97. The predicted octanol–water partition coefficient (Wildman–Crippen LogP) is 2.97. The number of carbonyl (C=O) groups excluding carboxylic acids is 1. The number of nitrogens with zero attached hydrogens (tertiary/aromatic N) is 2. The second-order valence-electron chi connectivity index (χ2n) is 4.52. The number of aromatic nitrogens is 2. The molecule has 0 aliphatic heterocycles. The number of hydrogen-bond acceptors (Lipinski definition) is 6. The third-order valence-corrected chi connectivity index (χ3v) is 4.47. The molecule has 7 heteroatoms. The number of thioether (sulfide) groups is 1. The number of nitrogens with two attached hydrogens (primary N) is 1. The zero-order valence-electron chi connectivity index (χ0n) is 11.3. The van der Waals surface area contributed by atoms with Gasteiger partial charge in [0.05, 0.1) is 5.75 Å². The molecule has 3 N–H and O–H groups in total. The van der Waals surface area contributed by atoms with Crippen LogP contribution in [0, 0.1) is 0 Å². The minimum Gasteiger partial charge on any atom is -0.374 e. The van der Waals surface area contributed by atoms with Gasteiger partial charge >= 0.3 is 0 Å². The molecule has 0 aliphatic rings. The molecule has 2 aromatic rings. The molecule has 0 saturated carbocycles. The van der Waals surface area contributed by atoms with E-state index in [0.717, 1.165) is 5.69 Å². The predicted molar refractivity (Wildman–Crippen MR) is 84.2 cm³/mol. The van der Waals surface area contributed by atoms with E-state index in [1.54, 1.807) is 0 Å². The van der Waals surface area contributed by atoms with Gasteiger partial charge in [-0.25, -0.2) is 0 Å². The van der Waals surface area contributed by atoms with Gasteiger partial charge in [-0.3, -0.25) is 4.79 Å². The number of anilines is 2. The van der Waals surface area contributed by atoms with Gasteiger partial charge in [0.1, 0.15) is 0 Å². The fourth-order valence-electron chi connectivity index (χ4n) is 1.58. The summed E-state index contributed by atoms with van der Waals surface area (Å²) >= 11 is 2.61. The molecule has 0 fully saturated rings. The lowest BCUT2D eigenvalue weighted by atomic mass is 10.0. The van der Waals surface area contributed by atoms with Gasteiger partial charge in [0, 0.05) is 5.69 Å². The molecule has 0 aliphatic carbocycles. The van der Waals surface area contributed by atoms with Gasteiger partial charge in [0.2, 0.25) is 11.0 Å². The molecular weight excluding hydrogens is 292 g/mol. The van der Waals surface area contributed by atoms with E-state index in [1.165, 1.54) is 28.7 Å². The lowest BCUT2D eigenvalue weighted by molar-refractivity contribution is -0.113. The van der Waals surface area contributed by atoms with E-state index < -0.39 is 0 Å². The van der Waals surface area contributed by atoms with Crippen molar-refractivity contribution in [1.82, 2.24) is 10.2 Å². The number of carbonyl (C=O) groups is 1. The van der Waals surface area contributed by atoms with Crippen LogP contribution >= 0.6 is 23.1 Å². The maximum atomic E-state index is 11.9. The van der Waals surface area contributed by atoms with Crippen molar-refractivity contribution in [3.8, 4) is 0 Å². The maximum absolute atomic E-state index is 11.9. The first-order valence-corrected chi connectivity index (χ1v) is 7.96. The Morgan fingerprint density at radius 1 is 1.45 bits per heavy atom. The largest absolute Gasteiger partial charge is 0.374 e. The van der Waals surface area contributed by atoms with Crippen LogP contribution in [-0.4, -0.2) is 21.9 Å². The van der Waals surface area contributed by atoms with E-state index in [4.69, 9.17) is 5.73 Å². The van der Waals surface area contributed by atoms with E-state index in [-0.39, 0.29) is 5.91 Å². The standard InChI is InChI=1S/C13H16N4OS2/c1-8(2)9-4-3-5-10(6-9)15-11(18)7-19-13-17-16-12(14)20-13/h3-6,8H,7H2,1-2H3,(H2,14,16)(H,15,18). The van der Waals surface area contributed by atoms with Crippen molar-refractivity contribution in [2.45, 2.75) is 24.1 Å². The number of hydrogen-bond donors (Lipinski definition) is 2. The smallest absolute Gasteiger partial charge is 0.234 e. The molecule has 106 valence electrons. The van der Waals surface area contributed by atoms with Gasteiger partial charge in [-0.05, 0) is 23.6 Å². The molecule has 20 heavy (non-hydrogen) atoms. The van der Waals surface area contributed by atoms with Crippen LogP contribution in [0.5, 0.6) is 0 Å². The zero-order valence-corrected chi connectivity index (χ0v) is 12.9. The highest BCUT2D eigenvalue weighted by Gasteiger charge is 2.08. The molecule has 1 aromatic heterocycles. The van der Waals surface area contributed by atoms with E-state index in [0.29, 0.717) is 21.1 Å². The van der Waals surface area contributed by atoms with Crippen molar-refractivity contribution in [2.75, 3.05) is 16.8 Å². The minimum atomic E-state index is -0.0651. The van der Waals surface area contributed by atoms with Crippen LogP contribution in [0.4, 0.5) is 10.8 Å². The molecule has 1 aromatic carbocycles. The minimum absolute atomic E-state index is 0.0651. The monoisotopic (exact) mass is 308 g/mol. The van der Waals surface area contributed by atoms with Gasteiger partial charge in [-0.2, -0.15) is 0 Å². The highest BCUT2D eigenvalue weighted by molar-refractivity contribution is 8.01. The summed E-state index contributed by atoms with van der Waals surface area (Å²) < 4.78 is 0.702. The van der Waals surface area contributed by atoms with Crippen LogP contribution < -0.4 is 11.1 Å². The highest BCUT2D eigenvalue weighted by Crippen LogP contribution is 2.24. The SMILES string of the molecule is CC(C)c1cccc(NC(=O)CSc2nnc(N)s2)c1. The van der Waals surface area contributed by atoms with E-state index in [1.807, 2.05) is 18.2 Å². The summed E-state index contributed by atoms with van der Waals surface area (Å²) in [6.45, 7) is 4.24. The first-order chi connectivity index (χ1) is 9.54. The van der Waals surface area contributed by atoms with Crippen LogP contribution in [0.1, 0.15) is 25.3 Å². The van der Waals surface area contributed by atoms with Crippen LogP contribution in [0.15, 0.2) is 28.6 Å². The van der Waals surface area contributed by atoms with Gasteiger partial charge in [-0.15, -0.1) is 10.2 Å². The Balaban J connectivity index is 1.89. The lowest BCUT2D eigenvalue weighted by Gasteiger charge is -2.09. The average molecular weight is 308 g/mol. The fraction of sp³-hybridized carbons (Fsp3) is 0.308. The summed E-state index contributed by atoms with van der Waals surface area (Å²) in [5.41, 5.74) is 7.50. The van der Waals surface area contributed by atoms with E-state index in [9.17, 15) is 4.79 Å². The Hall–Kier alpha value is -1.60. The van der Waals surface area contributed by atoms with Crippen molar-refractivity contribution >= 4 is 39.8 Å². The van der Waals surface area contributed by atoms with Crippen LogP contribution in [0.3, 0.4) is 0 Å². The maximum Gasteiger partial charge on any atom is 0.234 e. The molecule has 1 amide bonds. The lowest BCUT2D eigenvalue weighted by Crippen LogP contribution is -2.14. The summed E-state index contributed by atoms with van der Waals surface area (Å²) in [5, 5.41) is 10.9. The third-order valence-electron chi connectivity index (χ3n) is 2.59. The average Bonchev–Trinajstić information content (AvgIpc) is 2.82. The van der Waals surface area contributed by atoms with Crippen molar-refractivity contribution < 1.29 is 4.79 Å². The Labute approximate surface area is 126 Å². The molecule has 0 atom stereocenters. The van der Waals surface area contributed by atoms with Gasteiger partial charge in [0.15, 0.2) is 4.34 Å². The van der Waals surface area contributed by atoms with Gasteiger partial charge in [0.25, 0.3) is 0 Å². The van der Waals surface area contributed by atoms with Crippen molar-refractivity contribution in [3.05, 3.63) is 29.8 Å². The number of rotatable bonds is 5. The Bertz CT molecular complexity index is 598. The van der Waals surface area contributed by atoms with Crippen LogP contribution in [0.2, 0.25) is 0 Å². The normalized spacial score (nSPS) is 10.8. The summed E-state index contributed by atoms with van der Waals surface area (Å²) in [6, 6.07) is 7.89. The molecule has 0 saturated heterocycles. The first-order valence-electron chi connectivity index (χ1n) is 6.16. The van der Waals surface area contributed by atoms with Crippen molar-refractivity contribution in [1.29, 1.82) is 0 Å². The summed E-state index contributed by atoms with van der Waals surface area (Å²) in [4.78, 5) is 11.9. The molecule has 0 unspecified atom stereocenters. The Morgan fingerprint density at radius 3 is 2.90 bits per heavy atom. The summed E-state index contributed by atoms with van der Waals surface area (Å²) in [5.74, 6) is 0.663. The topological polar surface area (TPSA) is 80.9 Å². The van der Waals surface area contributed by atoms with E-state index in [2.05, 4.69) is 35.4 Å². The Morgan fingerprint density at radius 2 is 2.25 bits per heavy atom. The number of nitrogens with one attached hydrogen (secondary N) is 1. The quantitative estimate of drug-likeness (QED) is 0.830. The number of nitrogen functional groups attached to an aromatic ring is 1. The highest BCUT2D eigenvalue weighted by atomic mass is 32.2. The van der Waals surface area contributed by atoms with Crippen molar-refractivity contribution in [2.24, 2.45) is 0 Å². The molecule has 0 bridgehead atoms. The number of amides is 1. The molecular formula is C13H16N4OS2. The third kappa shape index (κ3) is 4.21. The van der Waals surface area contributed by atoms with Crippen LogP contribution in [0.25, 0.3) is 0 Å². The van der Waals surface area contributed by atoms with Gasteiger partial charge in [-0.1, -0.05) is 49.1 Å². The summed E-state index contributed by atoms with van der Waals surface area (Å²) in [7, 11) is 0. The van der Waals surface area contributed by atoms with E-state index >= 15 is 0 Å². The molecule has 1 heterocycles. The summed E-state index contributed by atoms with van der Waals surface area (Å²) in [6.07, 6.45) is 0. The van der Waals surface area contributed by atoms with Crippen LogP contribution in [-0.2, 0) is 4.79 Å².